The van der Waals surface area contributed by atoms with Crippen LogP contribution in [0.4, 0.5) is 5.69 Å². The molecule has 4 aromatic carbocycles. The van der Waals surface area contributed by atoms with Crippen LogP contribution < -0.4 is 23.2 Å². The van der Waals surface area contributed by atoms with Gasteiger partial charge in [0, 0.05) is 34.6 Å². The number of ether oxygens (including phenoxy) is 2. The SMILES string of the molecule is COc1ccc2c(c1)OC(=O)CN2S(=O)(=O)NS(=O)(=O)c1ccc(-c2c(Cl)cccc2CN[C@@H](C)CC(=O)O)c2ccccc12. The van der Waals surface area contributed by atoms with Crippen LogP contribution in [0.3, 0.4) is 0 Å². The van der Waals surface area contributed by atoms with Crippen molar-refractivity contribution in [2.45, 2.75) is 30.8 Å². The van der Waals surface area contributed by atoms with Crippen molar-refractivity contribution in [1.29, 1.82) is 0 Å². The molecule has 5 rings (SSSR count). The Morgan fingerprint density at radius 3 is 2.49 bits per heavy atom. The van der Waals surface area contributed by atoms with Crippen molar-refractivity contribution in [3.8, 4) is 22.6 Å². The second-order valence-corrected chi connectivity index (χ2v) is 14.1. The van der Waals surface area contributed by atoms with Crippen molar-refractivity contribution in [3.63, 3.8) is 0 Å². The van der Waals surface area contributed by atoms with Gasteiger partial charge in [0.2, 0.25) is 0 Å². The van der Waals surface area contributed by atoms with Gasteiger partial charge >= 0.3 is 22.1 Å². The first-order valence-corrected chi connectivity index (χ1v) is 16.8. The monoisotopic (exact) mass is 673 g/mol. The van der Waals surface area contributed by atoms with Crippen LogP contribution in [0.2, 0.25) is 5.02 Å². The number of esters is 1. The average molecular weight is 674 g/mol. The Morgan fingerprint density at radius 1 is 1.04 bits per heavy atom. The number of aliphatic carboxylic acids is 1. The number of methoxy groups -OCH3 is 1. The summed E-state index contributed by atoms with van der Waals surface area (Å²) in [6.07, 6.45) is -0.0836. The number of anilines is 1. The molecule has 0 amide bonds. The van der Waals surface area contributed by atoms with E-state index in [1.807, 2.05) is 6.07 Å². The van der Waals surface area contributed by atoms with Crippen LogP contribution in [0, 0.1) is 0 Å². The smallest absolute Gasteiger partial charge is 0.332 e. The van der Waals surface area contributed by atoms with Gasteiger partial charge in [0.05, 0.1) is 24.1 Å². The van der Waals surface area contributed by atoms with Gasteiger partial charge in [-0.15, -0.1) is 0 Å². The van der Waals surface area contributed by atoms with Gasteiger partial charge in [-0.1, -0.05) is 58.2 Å². The average Bonchev–Trinajstić information content (AvgIpc) is 2.98. The van der Waals surface area contributed by atoms with Crippen LogP contribution in [0.1, 0.15) is 18.9 Å². The van der Waals surface area contributed by atoms with Crippen molar-refractivity contribution in [1.82, 2.24) is 9.44 Å². The Labute approximate surface area is 264 Å². The number of fused-ring (bicyclic) bond motifs is 2. The maximum Gasteiger partial charge on any atom is 0.332 e. The largest absolute Gasteiger partial charge is 0.497 e. The number of hydrogen-bond acceptors (Lipinski definition) is 9. The zero-order valence-corrected chi connectivity index (χ0v) is 26.4. The van der Waals surface area contributed by atoms with Crippen LogP contribution >= 0.6 is 11.6 Å². The molecule has 0 aromatic heterocycles. The lowest BCUT2D eigenvalue weighted by Gasteiger charge is -2.29. The Morgan fingerprint density at radius 2 is 1.78 bits per heavy atom. The lowest BCUT2D eigenvalue weighted by atomic mass is 9.94. The van der Waals surface area contributed by atoms with Crippen molar-refractivity contribution in [3.05, 3.63) is 83.4 Å². The number of carboxylic acid groups (broad SMARTS) is 1. The van der Waals surface area contributed by atoms with Crippen LogP contribution in [-0.2, 0) is 36.4 Å². The van der Waals surface area contributed by atoms with Crippen molar-refractivity contribution < 1.29 is 41.0 Å². The van der Waals surface area contributed by atoms with Crippen LogP contribution in [0.15, 0.2) is 77.7 Å². The quantitative estimate of drug-likeness (QED) is 0.156. The molecule has 0 bridgehead atoms. The first kappa shape index (κ1) is 32.2. The van der Waals surface area contributed by atoms with E-state index >= 15 is 0 Å². The molecule has 0 spiro atoms. The highest BCUT2D eigenvalue weighted by atomic mass is 35.5. The molecule has 0 saturated heterocycles. The molecular formula is C30H28ClN3O9S2. The molecule has 1 aliphatic heterocycles. The number of benzene rings is 4. The lowest BCUT2D eigenvalue weighted by molar-refractivity contribution is -0.137. The molecule has 0 aliphatic carbocycles. The minimum absolute atomic E-state index is 0.0455. The number of carbonyl (C=O) groups is 2. The fraction of sp³-hybridized carbons (Fsp3) is 0.200. The Hall–Kier alpha value is -4.21. The summed E-state index contributed by atoms with van der Waals surface area (Å²) in [5.41, 5.74) is 1.89. The molecular weight excluding hydrogens is 646 g/mol. The number of sulfonamides is 1. The summed E-state index contributed by atoms with van der Waals surface area (Å²) in [5, 5.41) is 13.4. The van der Waals surface area contributed by atoms with Gasteiger partial charge in [0.1, 0.15) is 12.3 Å². The van der Waals surface area contributed by atoms with E-state index in [2.05, 4.69) is 5.32 Å². The Balaban J connectivity index is 1.53. The summed E-state index contributed by atoms with van der Waals surface area (Å²) in [6.45, 7) is 1.28. The molecule has 1 heterocycles. The van der Waals surface area contributed by atoms with Gasteiger partial charge in [-0.25, -0.2) is 17.5 Å². The van der Waals surface area contributed by atoms with Crippen LogP contribution in [0.25, 0.3) is 21.9 Å². The molecule has 45 heavy (non-hydrogen) atoms. The van der Waals surface area contributed by atoms with Crippen LogP contribution in [0.5, 0.6) is 11.5 Å². The minimum Gasteiger partial charge on any atom is -0.497 e. The fourth-order valence-corrected chi connectivity index (χ4v) is 8.59. The molecule has 236 valence electrons. The van der Waals surface area contributed by atoms with Crippen LogP contribution in [-0.4, -0.2) is 53.6 Å². The van der Waals surface area contributed by atoms with E-state index in [4.69, 9.17) is 26.2 Å². The summed E-state index contributed by atoms with van der Waals surface area (Å²) >= 11 is 6.66. The molecule has 0 fully saturated rings. The summed E-state index contributed by atoms with van der Waals surface area (Å²) < 4.78 is 67.0. The first-order chi connectivity index (χ1) is 21.3. The molecule has 15 heteroatoms. The fourth-order valence-electron chi connectivity index (χ4n) is 5.07. The summed E-state index contributed by atoms with van der Waals surface area (Å²) in [6, 6.07) is 18.4. The topological polar surface area (TPSA) is 168 Å². The van der Waals surface area contributed by atoms with E-state index in [0.717, 1.165) is 5.56 Å². The minimum atomic E-state index is -4.84. The summed E-state index contributed by atoms with van der Waals surface area (Å²) in [5.74, 6) is -1.65. The van der Waals surface area contributed by atoms with E-state index in [0.29, 0.717) is 31.6 Å². The Kier molecular flexibility index (Phi) is 9.05. The number of nitrogens with one attached hydrogen (secondary N) is 2. The van der Waals surface area contributed by atoms with Gasteiger partial charge in [0.15, 0.2) is 5.75 Å². The summed E-state index contributed by atoms with van der Waals surface area (Å²) in [4.78, 5) is 23.1. The van der Waals surface area contributed by atoms with Gasteiger partial charge in [-0.2, -0.15) is 8.42 Å². The van der Waals surface area contributed by atoms with E-state index in [1.54, 1.807) is 47.4 Å². The zero-order chi connectivity index (χ0) is 32.5. The molecule has 1 atom stereocenters. The maximum absolute atomic E-state index is 13.7. The number of halogens is 1. The number of hydrogen-bond donors (Lipinski definition) is 3. The van der Waals surface area contributed by atoms with E-state index < -0.39 is 38.7 Å². The highest BCUT2D eigenvalue weighted by molar-refractivity contribution is 8.05. The van der Waals surface area contributed by atoms with E-state index in [9.17, 15) is 26.4 Å². The normalized spacial score (nSPS) is 14.1. The highest BCUT2D eigenvalue weighted by Gasteiger charge is 2.37. The second-order valence-electron chi connectivity index (χ2n) is 10.2. The molecule has 1 aliphatic rings. The number of nitrogens with zero attached hydrogens (tertiary/aromatic N) is 1. The number of rotatable bonds is 11. The third-order valence-electron chi connectivity index (χ3n) is 7.10. The molecule has 0 saturated carbocycles. The number of carboxylic acids is 1. The first-order valence-electron chi connectivity index (χ1n) is 13.5. The van der Waals surface area contributed by atoms with Gasteiger partial charge in [-0.05, 0) is 47.7 Å². The standard InChI is InChI=1S/C30H28ClN3O9S2/c1-18(14-28(35)36)32-16-19-6-5-9-24(31)30(19)23-11-13-27(22-8-4-3-7-21(22)23)44(38,39)33-45(40,41)34-17-29(37)43-26-15-20(42-2)10-12-25(26)34/h3-13,15,18,32-33H,14,16-17H2,1-2H3,(H,35,36)/t18-/m0/s1. The van der Waals surface area contributed by atoms with Crippen molar-refractivity contribution in [2.24, 2.45) is 0 Å². The highest BCUT2D eigenvalue weighted by Crippen LogP contribution is 2.40. The predicted octanol–water partition coefficient (Wildman–Crippen LogP) is 4.07. The van der Waals surface area contributed by atoms with E-state index in [1.165, 1.54) is 37.4 Å². The maximum atomic E-state index is 13.7. The summed E-state index contributed by atoms with van der Waals surface area (Å²) in [7, 11) is -8.19. The number of carbonyl (C=O) groups excluding carboxylic acids is 1. The Bertz CT molecular complexity index is 2040. The third-order valence-corrected chi connectivity index (χ3v) is 11.0. The van der Waals surface area contributed by atoms with Gasteiger partial charge in [0.25, 0.3) is 10.0 Å². The molecule has 0 unspecified atom stereocenters. The lowest BCUT2D eigenvalue weighted by Crippen LogP contribution is -2.48. The predicted molar refractivity (Wildman–Crippen MR) is 168 cm³/mol. The molecule has 12 nitrogen and oxygen atoms in total. The van der Waals surface area contributed by atoms with Gasteiger partial charge in [-0.3, -0.25) is 4.79 Å². The third kappa shape index (κ3) is 6.74. The van der Waals surface area contributed by atoms with E-state index in [-0.39, 0.29) is 40.7 Å². The van der Waals surface area contributed by atoms with Crippen molar-refractivity contribution in [2.75, 3.05) is 18.0 Å². The molecule has 0 radical (unpaired) electrons. The second kappa shape index (κ2) is 12.7. The van der Waals surface area contributed by atoms with Gasteiger partial charge < -0.3 is 19.9 Å². The molecule has 3 N–H and O–H groups in total. The zero-order valence-electron chi connectivity index (χ0n) is 24.0. The van der Waals surface area contributed by atoms with Crippen molar-refractivity contribution >= 4 is 60.2 Å². The molecule has 4 aromatic rings.